The van der Waals surface area contributed by atoms with E-state index in [0.717, 1.165) is 19.4 Å². The number of rotatable bonds is 1. The van der Waals surface area contributed by atoms with Gasteiger partial charge in [-0.05, 0) is 25.7 Å². The second kappa shape index (κ2) is 4.50. The van der Waals surface area contributed by atoms with Crippen LogP contribution in [0.4, 0.5) is 0 Å². The van der Waals surface area contributed by atoms with Crippen LogP contribution in [0.5, 0.6) is 0 Å². The Kier molecular flexibility index (Phi) is 3.41. The molecule has 0 amide bonds. The highest BCUT2D eigenvalue weighted by Crippen LogP contribution is 2.37. The largest absolute Gasteiger partial charge is 0.352 e. The quantitative estimate of drug-likeness (QED) is 0.636. The highest BCUT2D eigenvalue weighted by molar-refractivity contribution is 4.95. The van der Waals surface area contributed by atoms with E-state index in [1.807, 2.05) is 0 Å². The van der Waals surface area contributed by atoms with E-state index >= 15 is 0 Å². The Morgan fingerprint density at radius 1 is 1.12 bits per heavy atom. The van der Waals surface area contributed by atoms with Gasteiger partial charge in [-0.25, -0.2) is 0 Å². The number of ether oxygens (including phenoxy) is 2. The van der Waals surface area contributed by atoms with Gasteiger partial charge in [0.15, 0.2) is 6.29 Å². The number of hydrogen-bond donors (Lipinski definition) is 0. The molecule has 0 radical (unpaired) electrons. The van der Waals surface area contributed by atoms with Crippen molar-refractivity contribution in [1.29, 1.82) is 0 Å². The van der Waals surface area contributed by atoms with Gasteiger partial charge in [0.1, 0.15) is 0 Å². The van der Waals surface area contributed by atoms with Crippen LogP contribution >= 0.6 is 0 Å². The minimum atomic E-state index is 0.00275. The van der Waals surface area contributed by atoms with Crippen molar-refractivity contribution in [2.75, 3.05) is 6.61 Å². The molecular formula is C14H24O2. The van der Waals surface area contributed by atoms with Crippen molar-refractivity contribution in [2.24, 2.45) is 17.3 Å². The van der Waals surface area contributed by atoms with Gasteiger partial charge in [0.05, 0.1) is 12.7 Å². The third kappa shape index (κ3) is 2.33. The van der Waals surface area contributed by atoms with Crippen LogP contribution in [0.2, 0.25) is 0 Å². The minimum absolute atomic E-state index is 0.00275. The zero-order valence-corrected chi connectivity index (χ0v) is 10.9. The van der Waals surface area contributed by atoms with Crippen molar-refractivity contribution >= 4 is 0 Å². The molecule has 2 nitrogen and oxygen atoms in total. The van der Waals surface area contributed by atoms with Gasteiger partial charge >= 0.3 is 0 Å². The first-order valence-electron chi connectivity index (χ1n) is 6.43. The lowest BCUT2D eigenvalue weighted by Gasteiger charge is -2.44. The van der Waals surface area contributed by atoms with Gasteiger partial charge in [0, 0.05) is 11.3 Å². The summed E-state index contributed by atoms with van der Waals surface area (Å²) in [6.45, 7) is 9.69. The molecule has 0 N–H and O–H groups in total. The van der Waals surface area contributed by atoms with Crippen molar-refractivity contribution in [3.05, 3.63) is 12.2 Å². The highest BCUT2D eigenvalue weighted by Gasteiger charge is 2.39. The van der Waals surface area contributed by atoms with Crippen molar-refractivity contribution in [2.45, 2.75) is 52.9 Å². The van der Waals surface area contributed by atoms with E-state index in [-0.39, 0.29) is 17.8 Å². The standard InChI is InChI=1S/C14H24O2/c1-10-7-5-6-8-12(10)13-15-9-14(3,4)11(2)16-13/h5-6,10-13H,7-9H2,1-4H3/t10-,11+,12+,13-/m1/s1. The molecule has 0 aromatic heterocycles. The topological polar surface area (TPSA) is 18.5 Å². The lowest BCUT2D eigenvalue weighted by Crippen LogP contribution is -2.48. The molecule has 2 heteroatoms. The first-order valence-corrected chi connectivity index (χ1v) is 6.43. The lowest BCUT2D eigenvalue weighted by molar-refractivity contribution is -0.278. The van der Waals surface area contributed by atoms with Gasteiger partial charge in [-0.15, -0.1) is 0 Å². The molecule has 16 heavy (non-hydrogen) atoms. The summed E-state index contributed by atoms with van der Waals surface area (Å²) in [7, 11) is 0. The second-order valence-corrected chi connectivity index (χ2v) is 6.03. The summed E-state index contributed by atoms with van der Waals surface area (Å²) in [4.78, 5) is 0. The fraction of sp³-hybridized carbons (Fsp3) is 0.857. The Balaban J connectivity index is 1.99. The lowest BCUT2D eigenvalue weighted by atomic mass is 9.82. The summed E-state index contributed by atoms with van der Waals surface area (Å²) < 4.78 is 12.0. The van der Waals surface area contributed by atoms with Crippen LogP contribution in [0.25, 0.3) is 0 Å². The maximum atomic E-state index is 6.06. The molecule has 1 aliphatic carbocycles. The van der Waals surface area contributed by atoms with E-state index in [1.54, 1.807) is 0 Å². The van der Waals surface area contributed by atoms with E-state index in [9.17, 15) is 0 Å². The summed E-state index contributed by atoms with van der Waals surface area (Å²) in [5.74, 6) is 1.20. The Morgan fingerprint density at radius 3 is 2.44 bits per heavy atom. The molecule has 0 unspecified atom stereocenters. The summed E-state index contributed by atoms with van der Waals surface area (Å²) >= 11 is 0. The molecule has 2 aliphatic rings. The predicted octanol–water partition coefficient (Wildman–Crippen LogP) is 3.38. The average Bonchev–Trinajstić information content (AvgIpc) is 2.23. The third-order valence-electron chi connectivity index (χ3n) is 4.22. The maximum Gasteiger partial charge on any atom is 0.161 e. The van der Waals surface area contributed by atoms with E-state index < -0.39 is 0 Å². The van der Waals surface area contributed by atoms with Gasteiger partial charge in [-0.2, -0.15) is 0 Å². The molecule has 0 spiro atoms. The fourth-order valence-electron chi connectivity index (χ4n) is 2.41. The number of hydrogen-bond acceptors (Lipinski definition) is 2. The van der Waals surface area contributed by atoms with E-state index in [0.29, 0.717) is 11.8 Å². The summed E-state index contributed by atoms with van der Waals surface area (Å²) in [5, 5.41) is 0. The van der Waals surface area contributed by atoms with Crippen LogP contribution in [-0.2, 0) is 9.47 Å². The molecule has 1 aliphatic heterocycles. The Hall–Kier alpha value is -0.340. The first-order chi connectivity index (χ1) is 7.50. The molecule has 1 fully saturated rings. The third-order valence-corrected chi connectivity index (χ3v) is 4.22. The molecule has 1 saturated heterocycles. The van der Waals surface area contributed by atoms with Gasteiger partial charge in [0.25, 0.3) is 0 Å². The van der Waals surface area contributed by atoms with Crippen LogP contribution in [0.15, 0.2) is 12.2 Å². The molecule has 0 saturated carbocycles. The predicted molar refractivity (Wildman–Crippen MR) is 65.1 cm³/mol. The van der Waals surface area contributed by atoms with E-state index in [2.05, 4.69) is 39.8 Å². The number of allylic oxidation sites excluding steroid dienone is 2. The van der Waals surface area contributed by atoms with Crippen molar-refractivity contribution in [3.63, 3.8) is 0 Å². The SMILES string of the molecule is C[C@@H]1CC=CC[C@@H]1[C@@H]1OCC(C)(C)[C@H](C)O1. The molecular weight excluding hydrogens is 200 g/mol. The molecule has 0 bridgehead atoms. The first kappa shape index (κ1) is 12.1. The fourth-order valence-corrected chi connectivity index (χ4v) is 2.41. The highest BCUT2D eigenvalue weighted by atomic mass is 16.7. The monoisotopic (exact) mass is 224 g/mol. The molecule has 0 aromatic carbocycles. The molecule has 0 aromatic rings. The summed E-state index contributed by atoms with van der Waals surface area (Å²) in [5.41, 5.74) is 0.143. The summed E-state index contributed by atoms with van der Waals surface area (Å²) in [6, 6.07) is 0. The van der Waals surface area contributed by atoms with Crippen molar-refractivity contribution in [1.82, 2.24) is 0 Å². The second-order valence-electron chi connectivity index (χ2n) is 6.03. The Labute approximate surface area is 99.0 Å². The Morgan fingerprint density at radius 2 is 1.81 bits per heavy atom. The average molecular weight is 224 g/mol. The van der Waals surface area contributed by atoms with Crippen LogP contribution in [-0.4, -0.2) is 19.0 Å². The van der Waals surface area contributed by atoms with Crippen LogP contribution in [0.3, 0.4) is 0 Å². The normalized spacial score (nSPS) is 43.2. The Bertz CT molecular complexity index is 270. The smallest absolute Gasteiger partial charge is 0.161 e. The van der Waals surface area contributed by atoms with Crippen LogP contribution < -0.4 is 0 Å². The van der Waals surface area contributed by atoms with Crippen molar-refractivity contribution in [3.8, 4) is 0 Å². The van der Waals surface area contributed by atoms with Gasteiger partial charge in [-0.1, -0.05) is 32.9 Å². The van der Waals surface area contributed by atoms with Gasteiger partial charge in [-0.3, -0.25) is 0 Å². The molecule has 1 heterocycles. The van der Waals surface area contributed by atoms with Crippen LogP contribution in [0, 0.1) is 17.3 Å². The zero-order valence-electron chi connectivity index (χ0n) is 10.9. The van der Waals surface area contributed by atoms with Gasteiger partial charge in [0.2, 0.25) is 0 Å². The zero-order chi connectivity index (χ0) is 11.8. The minimum Gasteiger partial charge on any atom is -0.352 e. The van der Waals surface area contributed by atoms with E-state index in [1.165, 1.54) is 0 Å². The molecule has 4 atom stereocenters. The molecule has 92 valence electrons. The van der Waals surface area contributed by atoms with Crippen LogP contribution in [0.1, 0.15) is 40.5 Å². The summed E-state index contributed by atoms with van der Waals surface area (Å²) in [6.07, 6.45) is 7.08. The maximum absolute atomic E-state index is 6.06. The van der Waals surface area contributed by atoms with Crippen molar-refractivity contribution < 1.29 is 9.47 Å². The van der Waals surface area contributed by atoms with E-state index in [4.69, 9.17) is 9.47 Å². The van der Waals surface area contributed by atoms with Gasteiger partial charge < -0.3 is 9.47 Å². The molecule has 2 rings (SSSR count).